The van der Waals surface area contributed by atoms with Crippen molar-refractivity contribution >= 4 is 15.8 Å². The second kappa shape index (κ2) is 5.86. The SMILES string of the molecule is CC(=O)CN1CCN(S(=O)(=O)c2ccc3c(c2)OCO3)CC1. The average Bonchev–Trinajstić information content (AvgIpc) is 2.94. The number of hydrogen-bond donors (Lipinski definition) is 0. The molecule has 0 unspecified atom stereocenters. The standard InChI is InChI=1S/C14H18N2O5S/c1-11(17)9-15-4-6-16(7-5-15)22(18,19)12-2-3-13-14(8-12)21-10-20-13/h2-3,8H,4-7,9-10H2,1H3. The van der Waals surface area contributed by atoms with Crippen LogP contribution in [0.25, 0.3) is 0 Å². The van der Waals surface area contributed by atoms with E-state index in [0.717, 1.165) is 0 Å². The summed E-state index contributed by atoms with van der Waals surface area (Å²) < 4.78 is 37.2. The van der Waals surface area contributed by atoms with Gasteiger partial charge in [0.05, 0.1) is 11.4 Å². The highest BCUT2D eigenvalue weighted by Crippen LogP contribution is 2.34. The Bertz CT molecular complexity index is 680. The zero-order valence-electron chi connectivity index (χ0n) is 12.3. The Morgan fingerprint density at radius 2 is 1.82 bits per heavy atom. The van der Waals surface area contributed by atoms with Crippen molar-refractivity contribution in [1.29, 1.82) is 0 Å². The quantitative estimate of drug-likeness (QED) is 0.793. The highest BCUT2D eigenvalue weighted by atomic mass is 32.2. The molecule has 0 bridgehead atoms. The van der Waals surface area contributed by atoms with Gasteiger partial charge in [0.15, 0.2) is 11.5 Å². The van der Waals surface area contributed by atoms with Gasteiger partial charge in [-0.2, -0.15) is 4.31 Å². The number of hydrogen-bond acceptors (Lipinski definition) is 6. The summed E-state index contributed by atoms with van der Waals surface area (Å²) in [5, 5.41) is 0. The summed E-state index contributed by atoms with van der Waals surface area (Å²) in [5.41, 5.74) is 0. The fourth-order valence-electron chi connectivity index (χ4n) is 2.63. The fraction of sp³-hybridized carbons (Fsp3) is 0.500. The van der Waals surface area contributed by atoms with Gasteiger partial charge in [0.2, 0.25) is 16.8 Å². The van der Waals surface area contributed by atoms with Crippen molar-refractivity contribution in [2.45, 2.75) is 11.8 Å². The van der Waals surface area contributed by atoms with Crippen molar-refractivity contribution in [3.63, 3.8) is 0 Å². The van der Waals surface area contributed by atoms with E-state index in [1.54, 1.807) is 6.07 Å². The summed E-state index contributed by atoms with van der Waals surface area (Å²) in [6.45, 7) is 3.90. The van der Waals surface area contributed by atoms with Crippen molar-refractivity contribution < 1.29 is 22.7 Å². The molecule has 8 heteroatoms. The number of benzene rings is 1. The molecule has 22 heavy (non-hydrogen) atoms. The minimum absolute atomic E-state index is 0.0899. The van der Waals surface area contributed by atoms with Crippen LogP contribution < -0.4 is 9.47 Å². The topological polar surface area (TPSA) is 76.2 Å². The number of rotatable bonds is 4. The van der Waals surface area contributed by atoms with E-state index in [2.05, 4.69) is 0 Å². The first-order valence-electron chi connectivity index (χ1n) is 7.08. The maximum absolute atomic E-state index is 12.7. The molecule has 1 aromatic carbocycles. The van der Waals surface area contributed by atoms with E-state index in [4.69, 9.17) is 9.47 Å². The molecule has 0 radical (unpaired) electrons. The molecule has 1 saturated heterocycles. The lowest BCUT2D eigenvalue weighted by Crippen LogP contribution is -2.49. The second-order valence-corrected chi connectivity index (χ2v) is 7.34. The van der Waals surface area contributed by atoms with Crippen LogP contribution in [0.4, 0.5) is 0 Å². The molecule has 7 nitrogen and oxygen atoms in total. The number of fused-ring (bicyclic) bond motifs is 1. The van der Waals surface area contributed by atoms with Crippen LogP contribution in [0.15, 0.2) is 23.1 Å². The molecule has 2 heterocycles. The Hall–Kier alpha value is -1.64. The molecule has 0 aliphatic carbocycles. The molecular formula is C14H18N2O5S. The molecule has 2 aliphatic heterocycles. The van der Waals surface area contributed by atoms with Gasteiger partial charge in [-0.15, -0.1) is 0 Å². The van der Waals surface area contributed by atoms with Crippen LogP contribution in [0.1, 0.15) is 6.92 Å². The third-order valence-corrected chi connectivity index (χ3v) is 5.65. The summed E-state index contributed by atoms with van der Waals surface area (Å²) in [6, 6.07) is 4.64. The van der Waals surface area contributed by atoms with E-state index in [1.807, 2.05) is 4.90 Å². The van der Waals surface area contributed by atoms with Gasteiger partial charge in [-0.1, -0.05) is 0 Å². The predicted molar refractivity (Wildman–Crippen MR) is 78.4 cm³/mol. The van der Waals surface area contributed by atoms with Gasteiger partial charge in [-0.3, -0.25) is 9.69 Å². The lowest BCUT2D eigenvalue weighted by atomic mass is 10.3. The Balaban J connectivity index is 1.73. The number of carbonyl (C=O) groups excluding carboxylic acids is 1. The number of ether oxygens (including phenoxy) is 2. The summed E-state index contributed by atoms with van der Waals surface area (Å²) in [4.78, 5) is 13.3. The van der Waals surface area contributed by atoms with Crippen molar-refractivity contribution in [2.75, 3.05) is 39.5 Å². The minimum Gasteiger partial charge on any atom is -0.454 e. The number of nitrogens with zero attached hydrogens (tertiary/aromatic N) is 2. The summed E-state index contributed by atoms with van der Waals surface area (Å²) in [6.07, 6.45) is 0. The molecule has 0 saturated carbocycles. The third kappa shape index (κ3) is 2.94. The third-order valence-electron chi connectivity index (χ3n) is 3.76. The van der Waals surface area contributed by atoms with Crippen LogP contribution in [0.3, 0.4) is 0 Å². The van der Waals surface area contributed by atoms with E-state index < -0.39 is 10.0 Å². The smallest absolute Gasteiger partial charge is 0.243 e. The van der Waals surface area contributed by atoms with Crippen LogP contribution >= 0.6 is 0 Å². The van der Waals surface area contributed by atoms with E-state index in [-0.39, 0.29) is 17.5 Å². The number of carbonyl (C=O) groups is 1. The largest absolute Gasteiger partial charge is 0.454 e. The first-order chi connectivity index (χ1) is 10.5. The maximum Gasteiger partial charge on any atom is 0.243 e. The minimum atomic E-state index is -3.55. The van der Waals surface area contributed by atoms with Crippen LogP contribution in [0, 0.1) is 0 Å². The van der Waals surface area contributed by atoms with E-state index in [1.165, 1.54) is 23.4 Å². The van der Waals surface area contributed by atoms with Gasteiger partial charge in [0.1, 0.15) is 5.78 Å². The van der Waals surface area contributed by atoms with Crippen molar-refractivity contribution in [1.82, 2.24) is 9.21 Å². The zero-order chi connectivity index (χ0) is 15.7. The van der Waals surface area contributed by atoms with Crippen molar-refractivity contribution in [3.8, 4) is 11.5 Å². The molecule has 1 aromatic rings. The molecule has 2 aliphatic rings. The molecule has 0 N–H and O–H groups in total. The molecule has 0 atom stereocenters. The molecule has 1 fully saturated rings. The molecule has 0 aromatic heterocycles. The number of ketones is 1. The first-order valence-corrected chi connectivity index (χ1v) is 8.52. The Morgan fingerprint density at radius 3 is 2.50 bits per heavy atom. The van der Waals surface area contributed by atoms with Gasteiger partial charge in [0, 0.05) is 32.2 Å². The van der Waals surface area contributed by atoms with Crippen molar-refractivity contribution in [3.05, 3.63) is 18.2 Å². The maximum atomic E-state index is 12.7. The van der Waals surface area contributed by atoms with Gasteiger partial charge >= 0.3 is 0 Å². The number of piperazine rings is 1. The highest BCUT2D eigenvalue weighted by Gasteiger charge is 2.30. The van der Waals surface area contributed by atoms with Crippen LogP contribution in [0.2, 0.25) is 0 Å². The molecule has 3 rings (SSSR count). The van der Waals surface area contributed by atoms with Crippen LogP contribution in [-0.4, -0.2) is 62.9 Å². The van der Waals surface area contributed by atoms with Crippen LogP contribution in [-0.2, 0) is 14.8 Å². The van der Waals surface area contributed by atoms with Crippen LogP contribution in [0.5, 0.6) is 11.5 Å². The molecule has 120 valence electrons. The molecule has 0 amide bonds. The Labute approximate surface area is 129 Å². The summed E-state index contributed by atoms with van der Waals surface area (Å²) >= 11 is 0. The zero-order valence-corrected chi connectivity index (χ0v) is 13.1. The average molecular weight is 326 g/mol. The van der Waals surface area contributed by atoms with E-state index in [0.29, 0.717) is 44.2 Å². The van der Waals surface area contributed by atoms with Gasteiger partial charge < -0.3 is 9.47 Å². The lowest BCUT2D eigenvalue weighted by molar-refractivity contribution is -0.118. The molecular weight excluding hydrogens is 308 g/mol. The fourth-order valence-corrected chi connectivity index (χ4v) is 4.07. The summed E-state index contributed by atoms with van der Waals surface area (Å²) in [5.74, 6) is 1.11. The Kier molecular flexibility index (Phi) is 4.07. The lowest BCUT2D eigenvalue weighted by Gasteiger charge is -2.33. The summed E-state index contributed by atoms with van der Waals surface area (Å²) in [7, 11) is -3.55. The predicted octanol–water partition coefficient (Wildman–Crippen LogP) is 0.311. The first kappa shape index (κ1) is 15.3. The second-order valence-electron chi connectivity index (χ2n) is 5.40. The van der Waals surface area contributed by atoms with Gasteiger partial charge in [-0.25, -0.2) is 8.42 Å². The Morgan fingerprint density at radius 1 is 1.14 bits per heavy atom. The van der Waals surface area contributed by atoms with E-state index in [9.17, 15) is 13.2 Å². The van der Waals surface area contributed by atoms with Gasteiger partial charge in [-0.05, 0) is 19.1 Å². The van der Waals surface area contributed by atoms with E-state index >= 15 is 0 Å². The normalized spacial score (nSPS) is 19.3. The number of sulfonamides is 1. The molecule has 0 spiro atoms. The number of Topliss-reactive ketones (excluding diaryl/α,β-unsaturated/α-hetero) is 1. The van der Waals surface area contributed by atoms with Crippen molar-refractivity contribution in [2.24, 2.45) is 0 Å². The van der Waals surface area contributed by atoms with Gasteiger partial charge in [0.25, 0.3) is 0 Å². The monoisotopic (exact) mass is 326 g/mol. The highest BCUT2D eigenvalue weighted by molar-refractivity contribution is 7.89.